The summed E-state index contributed by atoms with van der Waals surface area (Å²) in [7, 11) is -3.51. The second-order valence-electron chi connectivity index (χ2n) is 5.01. The molecule has 8 heteroatoms. The zero-order valence-electron chi connectivity index (χ0n) is 13.0. The van der Waals surface area contributed by atoms with Gasteiger partial charge in [-0.1, -0.05) is 24.6 Å². The number of carbonyl (C=O) groups is 1. The third kappa shape index (κ3) is 5.23. The summed E-state index contributed by atoms with van der Waals surface area (Å²) in [5.74, 6) is 0. The molecule has 0 saturated heterocycles. The predicted molar refractivity (Wildman–Crippen MR) is 96.0 cm³/mol. The topological polar surface area (TPSA) is 87.3 Å². The van der Waals surface area contributed by atoms with Crippen LogP contribution >= 0.6 is 11.6 Å². The third-order valence-corrected chi connectivity index (χ3v) is 4.76. The summed E-state index contributed by atoms with van der Waals surface area (Å²) in [5.41, 5.74) is 1.03. The van der Waals surface area contributed by atoms with Crippen molar-refractivity contribution < 1.29 is 13.2 Å². The highest BCUT2D eigenvalue weighted by Gasteiger charge is 2.13. The Labute approximate surface area is 146 Å². The van der Waals surface area contributed by atoms with Crippen LogP contribution < -0.4 is 15.4 Å². The first-order valence-electron chi connectivity index (χ1n) is 7.34. The summed E-state index contributed by atoms with van der Waals surface area (Å²) in [5, 5.41) is 5.78. The Morgan fingerprint density at radius 2 is 1.71 bits per heavy atom. The third-order valence-electron chi connectivity index (χ3n) is 3.05. The molecule has 0 unspecified atom stereocenters. The fourth-order valence-corrected chi connectivity index (χ4v) is 3.22. The van der Waals surface area contributed by atoms with Crippen LogP contribution in [0.5, 0.6) is 0 Å². The number of hydrogen-bond donors (Lipinski definition) is 3. The van der Waals surface area contributed by atoms with Gasteiger partial charge in [-0.15, -0.1) is 0 Å². The molecular formula is C16H18ClN3O3S. The molecule has 0 radical (unpaired) electrons. The van der Waals surface area contributed by atoms with E-state index in [-0.39, 0.29) is 4.90 Å². The van der Waals surface area contributed by atoms with Gasteiger partial charge < -0.3 is 10.6 Å². The number of urea groups is 1. The lowest BCUT2D eigenvalue weighted by Crippen LogP contribution is -2.24. The molecule has 0 bridgehead atoms. The van der Waals surface area contributed by atoms with E-state index in [0.29, 0.717) is 29.4 Å². The van der Waals surface area contributed by atoms with Gasteiger partial charge >= 0.3 is 6.03 Å². The maximum atomic E-state index is 12.0. The van der Waals surface area contributed by atoms with Crippen molar-refractivity contribution in [2.45, 2.75) is 18.2 Å². The van der Waals surface area contributed by atoms with Crippen LogP contribution in [-0.2, 0) is 10.0 Å². The molecule has 0 saturated carbocycles. The smallest absolute Gasteiger partial charge is 0.308 e. The number of anilines is 2. The molecule has 0 aromatic heterocycles. The highest BCUT2D eigenvalue weighted by atomic mass is 35.5. The van der Waals surface area contributed by atoms with E-state index >= 15 is 0 Å². The maximum Gasteiger partial charge on any atom is 0.323 e. The highest BCUT2D eigenvalue weighted by Crippen LogP contribution is 2.17. The average molecular weight is 368 g/mol. The zero-order valence-corrected chi connectivity index (χ0v) is 14.6. The van der Waals surface area contributed by atoms with Crippen molar-refractivity contribution in [1.82, 2.24) is 4.72 Å². The molecule has 0 atom stereocenters. The minimum atomic E-state index is -3.51. The van der Waals surface area contributed by atoms with E-state index in [9.17, 15) is 13.2 Å². The molecule has 0 fully saturated rings. The quantitative estimate of drug-likeness (QED) is 0.727. The number of nitrogens with one attached hydrogen (secondary N) is 3. The number of sulfonamides is 1. The maximum absolute atomic E-state index is 12.0. The normalized spacial score (nSPS) is 11.1. The zero-order chi connectivity index (χ0) is 17.6. The van der Waals surface area contributed by atoms with E-state index in [1.165, 1.54) is 24.3 Å². The monoisotopic (exact) mass is 367 g/mol. The van der Waals surface area contributed by atoms with Crippen LogP contribution in [-0.4, -0.2) is 21.0 Å². The molecule has 128 valence electrons. The van der Waals surface area contributed by atoms with Crippen LogP contribution in [0.25, 0.3) is 0 Å². The average Bonchev–Trinajstić information content (AvgIpc) is 2.53. The van der Waals surface area contributed by atoms with Crippen LogP contribution in [0.3, 0.4) is 0 Å². The van der Waals surface area contributed by atoms with Crippen molar-refractivity contribution in [2.75, 3.05) is 17.2 Å². The molecule has 2 rings (SSSR count). The summed E-state index contributed by atoms with van der Waals surface area (Å²) in [4.78, 5) is 12.1. The lowest BCUT2D eigenvalue weighted by molar-refractivity contribution is 0.262. The van der Waals surface area contributed by atoms with Crippen molar-refractivity contribution in [3.05, 3.63) is 53.6 Å². The number of amides is 2. The molecule has 0 aliphatic rings. The summed E-state index contributed by atoms with van der Waals surface area (Å²) in [6, 6.07) is 12.2. The van der Waals surface area contributed by atoms with Crippen LogP contribution in [0.15, 0.2) is 53.4 Å². The minimum Gasteiger partial charge on any atom is -0.308 e. The van der Waals surface area contributed by atoms with Crippen LogP contribution in [0.4, 0.5) is 16.2 Å². The first-order valence-corrected chi connectivity index (χ1v) is 9.20. The van der Waals surface area contributed by atoms with Gasteiger partial charge in [0.05, 0.1) is 4.90 Å². The number of halogens is 1. The first-order chi connectivity index (χ1) is 11.4. The van der Waals surface area contributed by atoms with E-state index < -0.39 is 16.1 Å². The number of benzene rings is 2. The molecule has 3 N–H and O–H groups in total. The Kier molecular flexibility index (Phi) is 6.19. The number of carbonyl (C=O) groups excluding carboxylic acids is 1. The fourth-order valence-electron chi connectivity index (χ4n) is 1.90. The van der Waals surface area contributed by atoms with Crippen LogP contribution in [0, 0.1) is 0 Å². The van der Waals surface area contributed by atoms with Gasteiger partial charge in [0.2, 0.25) is 10.0 Å². The molecule has 0 aliphatic carbocycles. The van der Waals surface area contributed by atoms with E-state index in [1.807, 2.05) is 6.92 Å². The molecule has 24 heavy (non-hydrogen) atoms. The largest absolute Gasteiger partial charge is 0.323 e. The van der Waals surface area contributed by atoms with Crippen molar-refractivity contribution in [3.63, 3.8) is 0 Å². The van der Waals surface area contributed by atoms with Gasteiger partial charge in [-0.2, -0.15) is 0 Å². The lowest BCUT2D eigenvalue weighted by Gasteiger charge is -2.09. The van der Waals surface area contributed by atoms with Gasteiger partial charge in [-0.25, -0.2) is 17.9 Å². The lowest BCUT2D eigenvalue weighted by atomic mass is 10.3. The predicted octanol–water partition coefficient (Wildman–Crippen LogP) is 3.67. The minimum absolute atomic E-state index is 0.150. The highest BCUT2D eigenvalue weighted by molar-refractivity contribution is 7.89. The fraction of sp³-hybridized carbons (Fsp3) is 0.188. The summed E-state index contributed by atoms with van der Waals surface area (Å²) in [6.45, 7) is 2.26. The van der Waals surface area contributed by atoms with Crippen LogP contribution in [0.2, 0.25) is 5.02 Å². The number of rotatable bonds is 6. The Morgan fingerprint density at radius 3 is 2.33 bits per heavy atom. The standard InChI is InChI=1S/C16H18ClN3O3S/c1-2-10-18-24(22,23)15-8-6-13(7-9-15)19-16(21)20-14-5-3-4-12(17)11-14/h3-9,11,18H,2,10H2,1H3,(H2,19,20,21). The van der Waals surface area contributed by atoms with E-state index in [4.69, 9.17) is 11.6 Å². The van der Waals surface area contributed by atoms with Gasteiger partial charge in [-0.3, -0.25) is 0 Å². The molecule has 2 aromatic rings. The van der Waals surface area contributed by atoms with Gasteiger partial charge in [0, 0.05) is 22.9 Å². The molecule has 6 nitrogen and oxygen atoms in total. The molecule has 2 amide bonds. The van der Waals surface area contributed by atoms with Crippen LogP contribution in [0.1, 0.15) is 13.3 Å². The second-order valence-corrected chi connectivity index (χ2v) is 7.22. The van der Waals surface area contributed by atoms with Gasteiger partial charge in [-0.05, 0) is 48.9 Å². The summed E-state index contributed by atoms with van der Waals surface area (Å²) >= 11 is 5.85. The van der Waals surface area contributed by atoms with Gasteiger partial charge in [0.1, 0.15) is 0 Å². The summed E-state index contributed by atoms with van der Waals surface area (Å²) < 4.78 is 26.4. The Bertz CT molecular complexity index is 808. The first kappa shape index (κ1) is 18.3. The van der Waals surface area contributed by atoms with Crippen molar-refractivity contribution in [3.8, 4) is 0 Å². The van der Waals surface area contributed by atoms with Crippen molar-refractivity contribution in [1.29, 1.82) is 0 Å². The molecule has 2 aromatic carbocycles. The number of hydrogen-bond acceptors (Lipinski definition) is 3. The molecule has 0 heterocycles. The van der Waals surface area contributed by atoms with Gasteiger partial charge in [0.25, 0.3) is 0 Å². The van der Waals surface area contributed by atoms with E-state index in [0.717, 1.165) is 0 Å². The second kappa shape index (κ2) is 8.14. The molecule has 0 aliphatic heterocycles. The Hall–Kier alpha value is -2.09. The van der Waals surface area contributed by atoms with E-state index in [1.54, 1.807) is 24.3 Å². The van der Waals surface area contributed by atoms with Crippen molar-refractivity contribution >= 4 is 39.0 Å². The van der Waals surface area contributed by atoms with E-state index in [2.05, 4.69) is 15.4 Å². The molecule has 0 spiro atoms. The Balaban J connectivity index is 1.99. The molecular weight excluding hydrogens is 350 g/mol. The SMILES string of the molecule is CCCNS(=O)(=O)c1ccc(NC(=O)Nc2cccc(Cl)c2)cc1. The summed E-state index contributed by atoms with van der Waals surface area (Å²) in [6.07, 6.45) is 0.711. The van der Waals surface area contributed by atoms with Crippen molar-refractivity contribution in [2.24, 2.45) is 0 Å². The Morgan fingerprint density at radius 1 is 1.04 bits per heavy atom. The van der Waals surface area contributed by atoms with Gasteiger partial charge in [0.15, 0.2) is 0 Å².